The summed E-state index contributed by atoms with van der Waals surface area (Å²) < 4.78 is 5.68. The van der Waals surface area contributed by atoms with Crippen molar-refractivity contribution < 1.29 is 4.74 Å². The molecule has 0 spiro atoms. The van der Waals surface area contributed by atoms with Gasteiger partial charge in [-0.3, -0.25) is 4.90 Å². The Bertz CT molecular complexity index is 271. The number of hydrogen-bond donors (Lipinski definition) is 1. The fourth-order valence-electron chi connectivity index (χ4n) is 3.25. The third-order valence-electron chi connectivity index (χ3n) is 4.72. The smallest absolute Gasteiger partial charge is 0.0546 e. The zero-order valence-corrected chi connectivity index (χ0v) is 13.3. The van der Waals surface area contributed by atoms with Gasteiger partial charge in [0.2, 0.25) is 0 Å². The molecule has 2 aliphatic rings. The van der Waals surface area contributed by atoms with Gasteiger partial charge in [0.25, 0.3) is 0 Å². The summed E-state index contributed by atoms with van der Waals surface area (Å²) in [5.41, 5.74) is 6.25. The summed E-state index contributed by atoms with van der Waals surface area (Å²) in [6.07, 6.45) is 2.39. The van der Waals surface area contributed by atoms with Crippen LogP contribution in [0.25, 0.3) is 0 Å². The highest BCUT2D eigenvalue weighted by Crippen LogP contribution is 2.28. The zero-order chi connectivity index (χ0) is 14.4. The summed E-state index contributed by atoms with van der Waals surface area (Å²) in [6.45, 7) is 10.7. The first kappa shape index (κ1) is 16.2. The highest BCUT2D eigenvalue weighted by Gasteiger charge is 2.34. The molecule has 1 atom stereocenters. The molecule has 1 unspecified atom stereocenters. The third-order valence-corrected chi connectivity index (χ3v) is 4.72. The average molecular weight is 284 g/mol. The fourth-order valence-corrected chi connectivity index (χ4v) is 3.25. The van der Waals surface area contributed by atoms with Crippen LogP contribution in [0.1, 0.15) is 12.8 Å². The van der Waals surface area contributed by atoms with Crippen molar-refractivity contribution in [2.75, 3.05) is 79.7 Å². The predicted octanol–water partition coefficient (Wildman–Crippen LogP) is -0.0789. The minimum atomic E-state index is 0.212. The number of ether oxygens (including phenoxy) is 1. The summed E-state index contributed by atoms with van der Waals surface area (Å²) in [5, 5.41) is 0. The van der Waals surface area contributed by atoms with Crippen LogP contribution < -0.4 is 5.73 Å². The summed E-state index contributed by atoms with van der Waals surface area (Å²) in [6, 6.07) is 0. The molecule has 0 aromatic carbocycles. The molecule has 0 bridgehead atoms. The molecule has 118 valence electrons. The molecule has 0 aromatic heterocycles. The second-order valence-electron chi connectivity index (χ2n) is 6.78. The third kappa shape index (κ3) is 4.67. The van der Waals surface area contributed by atoms with Gasteiger partial charge in [0.15, 0.2) is 0 Å². The normalized spacial score (nSPS) is 30.0. The van der Waals surface area contributed by atoms with E-state index < -0.39 is 0 Å². The highest BCUT2D eigenvalue weighted by molar-refractivity contribution is 4.87. The van der Waals surface area contributed by atoms with Crippen LogP contribution in [0.5, 0.6) is 0 Å². The highest BCUT2D eigenvalue weighted by atomic mass is 16.5. The number of piperazine rings is 1. The Kier molecular flexibility index (Phi) is 6.23. The molecule has 2 fully saturated rings. The van der Waals surface area contributed by atoms with Crippen LogP contribution in [0.15, 0.2) is 0 Å². The molecule has 0 aliphatic carbocycles. The van der Waals surface area contributed by atoms with Gasteiger partial charge in [-0.15, -0.1) is 0 Å². The Hall–Kier alpha value is -0.200. The number of nitrogens with zero attached hydrogens (tertiary/aromatic N) is 3. The molecule has 5 nitrogen and oxygen atoms in total. The van der Waals surface area contributed by atoms with Crippen molar-refractivity contribution >= 4 is 0 Å². The Morgan fingerprint density at radius 3 is 2.40 bits per heavy atom. The van der Waals surface area contributed by atoms with E-state index >= 15 is 0 Å². The zero-order valence-electron chi connectivity index (χ0n) is 13.3. The maximum atomic E-state index is 6.04. The topological polar surface area (TPSA) is 45.0 Å². The lowest BCUT2D eigenvalue weighted by Crippen LogP contribution is -2.54. The average Bonchev–Trinajstić information content (AvgIpc) is 2.47. The lowest BCUT2D eigenvalue weighted by Gasteiger charge is -2.43. The molecular formula is C15H32N4O. The van der Waals surface area contributed by atoms with E-state index in [2.05, 4.69) is 28.8 Å². The molecule has 0 saturated carbocycles. The molecule has 2 N–H and O–H groups in total. The molecule has 2 saturated heterocycles. The van der Waals surface area contributed by atoms with Gasteiger partial charge < -0.3 is 20.3 Å². The van der Waals surface area contributed by atoms with Gasteiger partial charge in [-0.2, -0.15) is 0 Å². The molecule has 2 heterocycles. The monoisotopic (exact) mass is 284 g/mol. The quantitative estimate of drug-likeness (QED) is 0.739. The van der Waals surface area contributed by atoms with Gasteiger partial charge in [0.05, 0.1) is 6.61 Å². The number of likely N-dealkylation sites (N-methyl/N-ethyl adjacent to an activating group) is 1. The SMILES string of the molecule is CN(C)CCN1CCN(CC2(CN)CCCOC2)CC1. The van der Waals surface area contributed by atoms with E-state index in [1.54, 1.807) is 0 Å². The van der Waals surface area contributed by atoms with Crippen molar-refractivity contribution in [3.63, 3.8) is 0 Å². The van der Waals surface area contributed by atoms with Crippen molar-refractivity contribution in [2.24, 2.45) is 11.1 Å². The van der Waals surface area contributed by atoms with Gasteiger partial charge >= 0.3 is 0 Å². The first-order chi connectivity index (χ1) is 9.63. The Labute approximate surface area is 124 Å². The van der Waals surface area contributed by atoms with Gasteiger partial charge in [-0.05, 0) is 26.9 Å². The molecule has 2 aliphatic heterocycles. The van der Waals surface area contributed by atoms with Crippen LogP contribution in [0.4, 0.5) is 0 Å². The second kappa shape index (κ2) is 7.71. The van der Waals surface area contributed by atoms with E-state index in [1.165, 1.54) is 45.6 Å². The molecule has 5 heteroatoms. The van der Waals surface area contributed by atoms with E-state index in [9.17, 15) is 0 Å². The lowest BCUT2D eigenvalue weighted by atomic mass is 9.82. The maximum absolute atomic E-state index is 6.04. The summed E-state index contributed by atoms with van der Waals surface area (Å²) in [5.74, 6) is 0. The van der Waals surface area contributed by atoms with Crippen LogP contribution in [0, 0.1) is 5.41 Å². The Morgan fingerprint density at radius 1 is 1.15 bits per heavy atom. The summed E-state index contributed by atoms with van der Waals surface area (Å²) >= 11 is 0. The number of hydrogen-bond acceptors (Lipinski definition) is 5. The standard InChI is InChI=1S/C15H32N4O/c1-17(2)5-6-18-7-9-19(10-8-18)13-15(12-16)4-3-11-20-14-15/h3-14,16H2,1-2H3. The Morgan fingerprint density at radius 2 is 1.85 bits per heavy atom. The van der Waals surface area contributed by atoms with Crippen LogP contribution in [0.3, 0.4) is 0 Å². The Balaban J connectivity index is 1.73. The number of rotatable bonds is 6. The molecule has 0 aromatic rings. The molecule has 20 heavy (non-hydrogen) atoms. The van der Waals surface area contributed by atoms with Crippen molar-refractivity contribution in [3.05, 3.63) is 0 Å². The van der Waals surface area contributed by atoms with E-state index in [1.807, 2.05) is 0 Å². The van der Waals surface area contributed by atoms with E-state index in [0.717, 1.165) is 32.8 Å². The molecule has 0 radical (unpaired) electrons. The first-order valence-electron chi connectivity index (χ1n) is 8.01. The van der Waals surface area contributed by atoms with Crippen molar-refractivity contribution in [1.29, 1.82) is 0 Å². The number of nitrogens with two attached hydrogens (primary N) is 1. The van der Waals surface area contributed by atoms with Gasteiger partial charge in [-0.25, -0.2) is 0 Å². The summed E-state index contributed by atoms with van der Waals surface area (Å²) in [4.78, 5) is 7.42. The molecular weight excluding hydrogens is 252 g/mol. The van der Waals surface area contributed by atoms with Crippen molar-refractivity contribution in [2.45, 2.75) is 12.8 Å². The van der Waals surface area contributed by atoms with E-state index in [-0.39, 0.29) is 5.41 Å². The largest absolute Gasteiger partial charge is 0.381 e. The van der Waals surface area contributed by atoms with Gasteiger partial charge in [0.1, 0.15) is 0 Å². The first-order valence-corrected chi connectivity index (χ1v) is 8.01. The van der Waals surface area contributed by atoms with E-state index in [4.69, 9.17) is 10.5 Å². The maximum Gasteiger partial charge on any atom is 0.0546 e. The minimum absolute atomic E-state index is 0.212. The van der Waals surface area contributed by atoms with E-state index in [0.29, 0.717) is 0 Å². The van der Waals surface area contributed by atoms with Crippen LogP contribution in [-0.4, -0.2) is 94.4 Å². The van der Waals surface area contributed by atoms with Crippen molar-refractivity contribution in [3.8, 4) is 0 Å². The second-order valence-corrected chi connectivity index (χ2v) is 6.78. The van der Waals surface area contributed by atoms with Gasteiger partial charge in [0, 0.05) is 64.4 Å². The lowest BCUT2D eigenvalue weighted by molar-refractivity contribution is -0.0288. The molecule has 2 rings (SSSR count). The van der Waals surface area contributed by atoms with Gasteiger partial charge in [-0.1, -0.05) is 0 Å². The van der Waals surface area contributed by atoms with Crippen LogP contribution in [0.2, 0.25) is 0 Å². The minimum Gasteiger partial charge on any atom is -0.381 e. The molecule has 0 amide bonds. The summed E-state index contributed by atoms with van der Waals surface area (Å²) in [7, 11) is 4.29. The van der Waals surface area contributed by atoms with Crippen LogP contribution >= 0.6 is 0 Å². The van der Waals surface area contributed by atoms with Crippen molar-refractivity contribution in [1.82, 2.24) is 14.7 Å². The van der Waals surface area contributed by atoms with Crippen LogP contribution in [-0.2, 0) is 4.74 Å². The fraction of sp³-hybridized carbons (Fsp3) is 1.00. The predicted molar refractivity (Wildman–Crippen MR) is 83.0 cm³/mol.